The number of pyridine rings is 1. The summed E-state index contributed by atoms with van der Waals surface area (Å²) < 4.78 is 0. The van der Waals surface area contributed by atoms with Gasteiger partial charge >= 0.3 is 0 Å². The lowest BCUT2D eigenvalue weighted by Gasteiger charge is -2.40. The van der Waals surface area contributed by atoms with Gasteiger partial charge in [0.2, 0.25) is 0 Å². The lowest BCUT2D eigenvalue weighted by molar-refractivity contribution is 0.0827. The molecule has 0 bridgehead atoms. The van der Waals surface area contributed by atoms with E-state index in [1.54, 1.807) is 0 Å². The number of fused-ring (bicyclic) bond motifs is 1. The number of rotatable bonds is 2. The fraction of sp³-hybridized carbons (Fsp3) is 0.353. The minimum Gasteiger partial charge on any atom is -0.370 e. The van der Waals surface area contributed by atoms with E-state index < -0.39 is 0 Å². The van der Waals surface area contributed by atoms with E-state index in [1.165, 1.54) is 36.4 Å². The molecule has 2 aliphatic heterocycles. The van der Waals surface area contributed by atoms with Crippen LogP contribution in [-0.2, 0) is 0 Å². The largest absolute Gasteiger partial charge is 0.370 e. The van der Waals surface area contributed by atoms with Gasteiger partial charge < -0.3 is 9.80 Å². The van der Waals surface area contributed by atoms with Gasteiger partial charge in [0, 0.05) is 49.7 Å². The van der Waals surface area contributed by atoms with Crippen LogP contribution in [0.4, 0.5) is 5.69 Å². The van der Waals surface area contributed by atoms with Crippen LogP contribution >= 0.6 is 0 Å². The first-order chi connectivity index (χ1) is 9.81. The van der Waals surface area contributed by atoms with E-state index in [0.29, 0.717) is 0 Å². The second kappa shape index (κ2) is 4.60. The Labute approximate surface area is 119 Å². The number of hydrogen-bond donors (Lipinski definition) is 0. The zero-order valence-corrected chi connectivity index (χ0v) is 11.7. The van der Waals surface area contributed by atoms with Crippen molar-refractivity contribution < 1.29 is 0 Å². The molecule has 0 aliphatic carbocycles. The first kappa shape index (κ1) is 11.9. The summed E-state index contributed by atoms with van der Waals surface area (Å²) in [5, 5.41) is 0. The van der Waals surface area contributed by atoms with E-state index in [4.69, 9.17) is 0 Å². The predicted molar refractivity (Wildman–Crippen MR) is 81.8 cm³/mol. The first-order valence-electron chi connectivity index (χ1n) is 7.27. The molecule has 102 valence electrons. The van der Waals surface area contributed by atoms with Crippen molar-refractivity contribution in [3.63, 3.8) is 0 Å². The van der Waals surface area contributed by atoms with Crippen LogP contribution in [0.5, 0.6) is 0 Å². The van der Waals surface area contributed by atoms with Crippen LogP contribution in [0, 0.1) is 5.92 Å². The summed E-state index contributed by atoms with van der Waals surface area (Å²) >= 11 is 0. The Morgan fingerprint density at radius 1 is 1.00 bits per heavy atom. The minimum absolute atomic E-state index is 0.771. The second-order valence-electron chi connectivity index (χ2n) is 5.96. The van der Waals surface area contributed by atoms with E-state index in [0.717, 1.165) is 12.0 Å². The van der Waals surface area contributed by atoms with Crippen LogP contribution in [-0.4, -0.2) is 42.6 Å². The van der Waals surface area contributed by atoms with Crippen molar-refractivity contribution in [3.05, 3.63) is 48.8 Å². The summed E-state index contributed by atoms with van der Waals surface area (Å²) in [7, 11) is 2.23. The molecule has 0 N–H and O–H groups in total. The molecule has 3 heterocycles. The van der Waals surface area contributed by atoms with Gasteiger partial charge in [-0.25, -0.2) is 0 Å². The fourth-order valence-electron chi connectivity index (χ4n) is 3.51. The van der Waals surface area contributed by atoms with E-state index >= 15 is 0 Å². The van der Waals surface area contributed by atoms with Crippen LogP contribution in [0.25, 0.3) is 11.1 Å². The molecule has 0 amide bonds. The molecular weight excluding hydrogens is 246 g/mol. The molecule has 1 unspecified atom stereocenters. The van der Waals surface area contributed by atoms with Gasteiger partial charge in [-0.05, 0) is 36.4 Å². The van der Waals surface area contributed by atoms with Gasteiger partial charge in [0.05, 0.1) is 0 Å². The Morgan fingerprint density at radius 2 is 1.85 bits per heavy atom. The van der Waals surface area contributed by atoms with Gasteiger partial charge in [0.25, 0.3) is 0 Å². The molecule has 2 atom stereocenters. The molecule has 2 saturated heterocycles. The van der Waals surface area contributed by atoms with Crippen LogP contribution in [0.3, 0.4) is 0 Å². The average Bonchev–Trinajstić information content (AvgIpc) is 2.86. The molecule has 0 radical (unpaired) electrons. The second-order valence-corrected chi connectivity index (χ2v) is 5.96. The van der Waals surface area contributed by atoms with Crippen LogP contribution < -0.4 is 4.90 Å². The van der Waals surface area contributed by atoms with Crippen molar-refractivity contribution in [2.24, 2.45) is 5.92 Å². The number of nitrogens with zero attached hydrogens (tertiary/aromatic N) is 3. The Bertz CT molecular complexity index is 593. The number of likely N-dealkylation sites (tertiary alicyclic amines) is 1. The van der Waals surface area contributed by atoms with Gasteiger partial charge in [0.15, 0.2) is 0 Å². The lowest BCUT2D eigenvalue weighted by Crippen LogP contribution is -2.52. The van der Waals surface area contributed by atoms with Crippen molar-refractivity contribution in [2.75, 3.05) is 31.6 Å². The smallest absolute Gasteiger partial charge is 0.0367 e. The maximum atomic E-state index is 4.18. The third kappa shape index (κ3) is 1.90. The molecule has 1 aromatic heterocycles. The number of hydrogen-bond acceptors (Lipinski definition) is 3. The molecule has 20 heavy (non-hydrogen) atoms. The highest BCUT2D eigenvalue weighted by Crippen LogP contribution is 2.34. The SMILES string of the molecule is CN1CC2CN(c3ccc(-c4cccnc4)cc3)C[C@H]21. The third-order valence-electron chi connectivity index (χ3n) is 4.72. The molecule has 2 aromatic rings. The topological polar surface area (TPSA) is 19.4 Å². The number of anilines is 1. The van der Waals surface area contributed by atoms with Crippen molar-refractivity contribution in [3.8, 4) is 11.1 Å². The number of aromatic nitrogens is 1. The lowest BCUT2D eigenvalue weighted by atomic mass is 9.93. The molecule has 4 rings (SSSR count). The third-order valence-corrected chi connectivity index (χ3v) is 4.72. The molecule has 3 nitrogen and oxygen atoms in total. The van der Waals surface area contributed by atoms with Crippen LogP contribution in [0.1, 0.15) is 0 Å². The first-order valence-corrected chi connectivity index (χ1v) is 7.27. The van der Waals surface area contributed by atoms with Crippen molar-refractivity contribution >= 4 is 5.69 Å². The van der Waals surface area contributed by atoms with Crippen LogP contribution in [0.15, 0.2) is 48.8 Å². The Hall–Kier alpha value is -1.87. The summed E-state index contributed by atoms with van der Waals surface area (Å²) in [6, 6.07) is 13.8. The molecule has 2 fully saturated rings. The predicted octanol–water partition coefficient (Wildman–Crippen LogP) is 2.50. The van der Waals surface area contributed by atoms with Gasteiger partial charge in [-0.15, -0.1) is 0 Å². The molecule has 1 aromatic carbocycles. The van der Waals surface area contributed by atoms with Gasteiger partial charge in [-0.2, -0.15) is 0 Å². The van der Waals surface area contributed by atoms with E-state index in [-0.39, 0.29) is 0 Å². The van der Waals surface area contributed by atoms with Crippen LogP contribution in [0.2, 0.25) is 0 Å². The van der Waals surface area contributed by atoms with Gasteiger partial charge in [-0.3, -0.25) is 4.98 Å². The number of likely N-dealkylation sites (N-methyl/N-ethyl adjacent to an activating group) is 1. The highest BCUT2D eigenvalue weighted by Gasteiger charge is 2.43. The van der Waals surface area contributed by atoms with Gasteiger partial charge in [-0.1, -0.05) is 18.2 Å². The highest BCUT2D eigenvalue weighted by atomic mass is 15.3. The Kier molecular flexibility index (Phi) is 2.74. The molecule has 3 heteroatoms. The standard InChI is InChI=1S/C17H19N3/c1-19-10-15-11-20(12-17(15)19)16-6-4-13(5-7-16)14-3-2-8-18-9-14/h2-9,15,17H,10-12H2,1H3/t15?,17-/m1/s1. The fourth-order valence-corrected chi connectivity index (χ4v) is 3.51. The summed E-state index contributed by atoms with van der Waals surface area (Å²) in [4.78, 5) is 9.17. The van der Waals surface area contributed by atoms with E-state index in [9.17, 15) is 0 Å². The van der Waals surface area contributed by atoms with Gasteiger partial charge in [0.1, 0.15) is 0 Å². The van der Waals surface area contributed by atoms with E-state index in [1.807, 2.05) is 18.5 Å². The summed E-state index contributed by atoms with van der Waals surface area (Å²) in [6.07, 6.45) is 3.73. The van der Waals surface area contributed by atoms with E-state index in [2.05, 4.69) is 52.2 Å². The highest BCUT2D eigenvalue weighted by molar-refractivity contribution is 5.65. The van der Waals surface area contributed by atoms with Crippen molar-refractivity contribution in [2.45, 2.75) is 6.04 Å². The summed E-state index contributed by atoms with van der Waals surface area (Å²) in [6.45, 7) is 3.64. The zero-order chi connectivity index (χ0) is 13.5. The number of benzene rings is 1. The monoisotopic (exact) mass is 265 g/mol. The minimum atomic E-state index is 0.771. The Morgan fingerprint density at radius 3 is 2.50 bits per heavy atom. The maximum Gasteiger partial charge on any atom is 0.0367 e. The zero-order valence-electron chi connectivity index (χ0n) is 11.7. The van der Waals surface area contributed by atoms with Crippen molar-refractivity contribution in [1.82, 2.24) is 9.88 Å². The molecule has 0 saturated carbocycles. The summed E-state index contributed by atoms with van der Waals surface area (Å²) in [5.41, 5.74) is 3.77. The average molecular weight is 265 g/mol. The quantitative estimate of drug-likeness (QED) is 0.831. The molecule has 2 aliphatic rings. The maximum absolute atomic E-state index is 4.18. The Balaban J connectivity index is 1.54. The molecular formula is C17H19N3. The molecule has 0 spiro atoms. The van der Waals surface area contributed by atoms with Crippen molar-refractivity contribution in [1.29, 1.82) is 0 Å². The summed E-state index contributed by atoms with van der Waals surface area (Å²) in [5.74, 6) is 0.873. The normalized spacial score (nSPS) is 25.4.